The van der Waals surface area contributed by atoms with Gasteiger partial charge < -0.3 is 11.1 Å². The average molecular weight is 355 g/mol. The molecule has 2 aliphatic rings. The van der Waals surface area contributed by atoms with Crippen molar-refractivity contribution in [3.05, 3.63) is 42.5 Å². The first-order chi connectivity index (χ1) is 12.2. The standard InChI is InChI=1S/C21H26N2OS/c22-18-10-16-6-3-7-17(11-18)21(16)23-20(24)13-25-19-9-8-14-4-1-2-5-15(14)12-19/h1-2,4-5,8-9,12,16-18,21H,3,6-7,10-11,13,22H2,(H,23,24). The second-order valence-corrected chi connectivity index (χ2v) is 8.62. The first-order valence-corrected chi connectivity index (χ1v) is 10.3. The third-order valence-corrected chi connectivity index (χ3v) is 6.79. The number of benzene rings is 2. The summed E-state index contributed by atoms with van der Waals surface area (Å²) in [7, 11) is 0. The number of thioether (sulfide) groups is 1. The van der Waals surface area contributed by atoms with Crippen molar-refractivity contribution in [2.24, 2.45) is 17.6 Å². The van der Waals surface area contributed by atoms with Crippen molar-refractivity contribution < 1.29 is 4.79 Å². The monoisotopic (exact) mass is 354 g/mol. The molecule has 4 heteroatoms. The zero-order valence-electron chi connectivity index (χ0n) is 14.5. The van der Waals surface area contributed by atoms with Crippen molar-refractivity contribution in [2.75, 3.05) is 5.75 Å². The smallest absolute Gasteiger partial charge is 0.230 e. The van der Waals surface area contributed by atoms with Crippen molar-refractivity contribution in [1.29, 1.82) is 0 Å². The van der Waals surface area contributed by atoms with E-state index in [0.717, 1.165) is 17.7 Å². The van der Waals surface area contributed by atoms with Crippen molar-refractivity contribution in [3.8, 4) is 0 Å². The lowest BCUT2D eigenvalue weighted by molar-refractivity contribution is -0.120. The Hall–Kier alpha value is -1.52. The molecule has 2 aromatic carbocycles. The lowest BCUT2D eigenvalue weighted by atomic mass is 9.67. The van der Waals surface area contributed by atoms with E-state index in [0.29, 0.717) is 29.7 Å². The lowest BCUT2D eigenvalue weighted by Gasteiger charge is -2.45. The molecule has 2 unspecified atom stereocenters. The number of fused-ring (bicyclic) bond motifs is 3. The normalized spacial score (nSPS) is 28.7. The summed E-state index contributed by atoms with van der Waals surface area (Å²) < 4.78 is 0. The summed E-state index contributed by atoms with van der Waals surface area (Å²) in [5, 5.41) is 5.80. The molecule has 0 radical (unpaired) electrons. The van der Waals surface area contributed by atoms with Crippen LogP contribution in [0, 0.1) is 11.8 Å². The van der Waals surface area contributed by atoms with E-state index in [9.17, 15) is 4.79 Å². The van der Waals surface area contributed by atoms with Crippen LogP contribution >= 0.6 is 11.8 Å². The largest absolute Gasteiger partial charge is 0.352 e. The molecule has 1 amide bonds. The maximum atomic E-state index is 12.5. The van der Waals surface area contributed by atoms with E-state index in [-0.39, 0.29) is 5.91 Å². The molecule has 25 heavy (non-hydrogen) atoms. The number of nitrogens with two attached hydrogens (primary N) is 1. The van der Waals surface area contributed by atoms with Crippen LogP contribution in [0.25, 0.3) is 10.8 Å². The van der Waals surface area contributed by atoms with E-state index >= 15 is 0 Å². The predicted molar refractivity (Wildman–Crippen MR) is 105 cm³/mol. The van der Waals surface area contributed by atoms with Crippen LogP contribution in [0.1, 0.15) is 32.1 Å². The maximum Gasteiger partial charge on any atom is 0.230 e. The summed E-state index contributed by atoms with van der Waals surface area (Å²) in [4.78, 5) is 13.7. The molecule has 4 rings (SSSR count). The minimum absolute atomic E-state index is 0.163. The van der Waals surface area contributed by atoms with Gasteiger partial charge in [-0.3, -0.25) is 4.79 Å². The van der Waals surface area contributed by atoms with Crippen LogP contribution in [-0.4, -0.2) is 23.7 Å². The molecule has 2 aromatic rings. The summed E-state index contributed by atoms with van der Waals surface area (Å²) in [5.41, 5.74) is 6.18. The van der Waals surface area contributed by atoms with Gasteiger partial charge in [-0.15, -0.1) is 11.8 Å². The summed E-state index contributed by atoms with van der Waals surface area (Å²) >= 11 is 1.62. The third-order valence-electron chi connectivity index (χ3n) is 5.80. The van der Waals surface area contributed by atoms with Gasteiger partial charge in [0.2, 0.25) is 5.91 Å². The summed E-state index contributed by atoms with van der Waals surface area (Å²) in [6.07, 6.45) is 5.86. The molecule has 2 atom stereocenters. The molecule has 3 N–H and O–H groups in total. The Morgan fingerprint density at radius 3 is 2.56 bits per heavy atom. The number of hydrogen-bond acceptors (Lipinski definition) is 3. The molecule has 3 nitrogen and oxygen atoms in total. The summed E-state index contributed by atoms with van der Waals surface area (Å²) in [6.45, 7) is 0. The van der Waals surface area contributed by atoms with E-state index in [1.54, 1.807) is 11.8 Å². The number of amides is 1. The number of rotatable bonds is 4. The van der Waals surface area contributed by atoms with Crippen molar-refractivity contribution in [2.45, 2.75) is 49.1 Å². The van der Waals surface area contributed by atoms with Crippen molar-refractivity contribution >= 4 is 28.4 Å². The zero-order valence-corrected chi connectivity index (χ0v) is 15.3. The van der Waals surface area contributed by atoms with Crippen molar-refractivity contribution in [3.63, 3.8) is 0 Å². The van der Waals surface area contributed by atoms with Gasteiger partial charge in [-0.1, -0.05) is 36.8 Å². The summed E-state index contributed by atoms with van der Waals surface area (Å²) in [5.74, 6) is 1.81. The third kappa shape index (κ3) is 3.85. The molecule has 2 aliphatic carbocycles. The Labute approximate surface area is 153 Å². The van der Waals surface area contributed by atoms with Crippen LogP contribution in [0.2, 0.25) is 0 Å². The molecule has 0 aliphatic heterocycles. The fourth-order valence-corrected chi connectivity index (χ4v) is 5.41. The van der Waals surface area contributed by atoms with Gasteiger partial charge in [-0.2, -0.15) is 0 Å². The Morgan fingerprint density at radius 2 is 1.80 bits per heavy atom. The van der Waals surface area contributed by atoms with Crippen LogP contribution in [-0.2, 0) is 4.79 Å². The van der Waals surface area contributed by atoms with Crippen LogP contribution in [0.3, 0.4) is 0 Å². The fraction of sp³-hybridized carbons (Fsp3) is 0.476. The highest BCUT2D eigenvalue weighted by Gasteiger charge is 2.39. The van der Waals surface area contributed by atoms with Crippen LogP contribution < -0.4 is 11.1 Å². The van der Waals surface area contributed by atoms with Gasteiger partial charge in [0.05, 0.1) is 5.75 Å². The van der Waals surface area contributed by atoms with Gasteiger partial charge in [0.1, 0.15) is 0 Å². The molecular weight excluding hydrogens is 328 g/mol. The molecule has 2 saturated carbocycles. The SMILES string of the molecule is NC1CC2CCCC(C1)C2NC(=O)CSc1ccc2ccccc2c1. The second kappa shape index (κ2) is 7.38. The Morgan fingerprint density at radius 1 is 1.08 bits per heavy atom. The highest BCUT2D eigenvalue weighted by atomic mass is 32.2. The molecule has 0 heterocycles. The molecule has 2 bridgehead atoms. The number of carbonyl (C=O) groups is 1. The second-order valence-electron chi connectivity index (χ2n) is 7.57. The molecule has 0 spiro atoms. The van der Waals surface area contributed by atoms with Gasteiger partial charge in [0.15, 0.2) is 0 Å². The lowest BCUT2D eigenvalue weighted by Crippen LogP contribution is -2.54. The molecule has 2 fully saturated rings. The highest BCUT2D eigenvalue weighted by molar-refractivity contribution is 8.00. The first-order valence-electron chi connectivity index (χ1n) is 9.35. The topological polar surface area (TPSA) is 55.1 Å². The van der Waals surface area contributed by atoms with E-state index in [2.05, 4.69) is 47.8 Å². The van der Waals surface area contributed by atoms with Gasteiger partial charge in [-0.05, 0) is 60.4 Å². The minimum Gasteiger partial charge on any atom is -0.352 e. The Balaban J connectivity index is 1.35. The maximum absolute atomic E-state index is 12.5. The number of carbonyl (C=O) groups excluding carboxylic acids is 1. The molecule has 0 saturated heterocycles. The quantitative estimate of drug-likeness (QED) is 0.817. The summed E-state index contributed by atoms with van der Waals surface area (Å²) in [6, 6.07) is 15.4. The number of nitrogens with one attached hydrogen (secondary N) is 1. The van der Waals surface area contributed by atoms with Gasteiger partial charge in [0.25, 0.3) is 0 Å². The molecule has 0 aromatic heterocycles. The first kappa shape index (κ1) is 16.9. The van der Waals surface area contributed by atoms with E-state index in [1.807, 2.05) is 0 Å². The molecule has 132 valence electrons. The van der Waals surface area contributed by atoms with Crippen LogP contribution in [0.5, 0.6) is 0 Å². The number of hydrogen-bond donors (Lipinski definition) is 2. The van der Waals surface area contributed by atoms with Gasteiger partial charge in [-0.25, -0.2) is 0 Å². The van der Waals surface area contributed by atoms with E-state index in [1.165, 1.54) is 30.0 Å². The predicted octanol–water partition coefficient (Wildman–Crippen LogP) is 3.95. The Kier molecular flexibility index (Phi) is 5.00. The minimum atomic E-state index is 0.163. The van der Waals surface area contributed by atoms with E-state index in [4.69, 9.17) is 5.73 Å². The zero-order chi connectivity index (χ0) is 17.2. The van der Waals surface area contributed by atoms with Crippen LogP contribution in [0.15, 0.2) is 47.4 Å². The highest BCUT2D eigenvalue weighted by Crippen LogP contribution is 2.39. The Bertz CT molecular complexity index is 748. The van der Waals surface area contributed by atoms with Crippen molar-refractivity contribution in [1.82, 2.24) is 5.32 Å². The fourth-order valence-electron chi connectivity index (χ4n) is 4.66. The van der Waals surface area contributed by atoms with E-state index < -0.39 is 0 Å². The van der Waals surface area contributed by atoms with Gasteiger partial charge in [0, 0.05) is 17.0 Å². The average Bonchev–Trinajstić information content (AvgIpc) is 2.60. The molecular formula is C21H26N2OS. The van der Waals surface area contributed by atoms with Crippen LogP contribution in [0.4, 0.5) is 0 Å². The van der Waals surface area contributed by atoms with Gasteiger partial charge >= 0.3 is 0 Å².